The van der Waals surface area contributed by atoms with Gasteiger partial charge in [-0.2, -0.15) is 4.31 Å². The van der Waals surface area contributed by atoms with Gasteiger partial charge in [0.15, 0.2) is 5.03 Å². The maximum atomic E-state index is 12.8. The number of benzene rings is 1. The van der Waals surface area contributed by atoms with Crippen molar-refractivity contribution in [3.8, 4) is 5.75 Å². The Labute approximate surface area is 211 Å². The van der Waals surface area contributed by atoms with E-state index in [1.165, 1.54) is 36.0 Å². The summed E-state index contributed by atoms with van der Waals surface area (Å²) in [6.07, 6.45) is 4.07. The molecule has 200 valence electrons. The molecule has 0 aliphatic carbocycles. The van der Waals surface area contributed by atoms with E-state index in [2.05, 4.69) is 15.0 Å². The molecule has 36 heavy (non-hydrogen) atoms. The Morgan fingerprint density at radius 1 is 1.28 bits per heavy atom. The second-order valence-electron chi connectivity index (χ2n) is 9.23. The summed E-state index contributed by atoms with van der Waals surface area (Å²) in [5.41, 5.74) is -0.380. The number of ether oxygens (including phenoxy) is 2. The van der Waals surface area contributed by atoms with Crippen LogP contribution in [0.1, 0.15) is 19.3 Å². The smallest absolute Gasteiger partial charge is 0.262 e. The lowest BCUT2D eigenvalue weighted by Crippen LogP contribution is -2.47. The molecule has 0 amide bonds. The molecule has 3 N–H and O–H groups in total. The summed E-state index contributed by atoms with van der Waals surface area (Å²) >= 11 is 0. The monoisotopic (exact) mass is 543 g/mol. The maximum Gasteiger partial charge on any atom is 0.262 e. The molecule has 1 aromatic heterocycles. The topological polar surface area (TPSA) is 152 Å². The molecule has 12 nitrogen and oxygen atoms in total. The molecule has 14 heteroatoms. The lowest BCUT2D eigenvalue weighted by atomic mass is 9.88. The summed E-state index contributed by atoms with van der Waals surface area (Å²) in [5.74, 6) is 0.348. The van der Waals surface area contributed by atoms with Crippen molar-refractivity contribution in [1.29, 1.82) is 0 Å². The number of rotatable bonds is 10. The number of piperidine rings is 1. The highest BCUT2D eigenvalue weighted by atomic mass is 32.2. The van der Waals surface area contributed by atoms with Gasteiger partial charge >= 0.3 is 0 Å². The van der Waals surface area contributed by atoms with Crippen molar-refractivity contribution in [2.45, 2.75) is 46.9 Å². The van der Waals surface area contributed by atoms with Crippen LogP contribution in [0.4, 0.5) is 0 Å². The number of aliphatic hydroxyl groups excluding tert-OH is 1. The Kier molecular flexibility index (Phi) is 8.04. The summed E-state index contributed by atoms with van der Waals surface area (Å²) in [6, 6.07) is 6.10. The number of imidazole rings is 1. The second kappa shape index (κ2) is 10.7. The third kappa shape index (κ3) is 6.07. The van der Waals surface area contributed by atoms with E-state index in [1.54, 1.807) is 23.7 Å². The predicted molar refractivity (Wildman–Crippen MR) is 130 cm³/mol. The summed E-state index contributed by atoms with van der Waals surface area (Å²) in [4.78, 5) is 4.07. The fourth-order valence-corrected chi connectivity index (χ4v) is 6.69. The summed E-state index contributed by atoms with van der Waals surface area (Å²) in [7, 11) is -4.13. The molecule has 2 atom stereocenters. The average Bonchev–Trinajstić information content (AvgIpc) is 3.48. The highest BCUT2D eigenvalue weighted by Gasteiger charge is 2.45. The summed E-state index contributed by atoms with van der Waals surface area (Å²) in [6.45, 7) is 1.48. The number of sulfonamides is 2. The Balaban J connectivity index is 1.22. The summed E-state index contributed by atoms with van der Waals surface area (Å²) in [5, 5.41) is 13.7. The Hall–Kier alpha value is -2.07. The minimum absolute atomic E-state index is 0.00485. The van der Waals surface area contributed by atoms with Crippen LogP contribution in [0.3, 0.4) is 0 Å². The minimum Gasteiger partial charge on any atom is -0.491 e. The molecule has 2 aliphatic rings. The normalized spacial score (nSPS) is 21.6. The van der Waals surface area contributed by atoms with Crippen LogP contribution in [-0.4, -0.2) is 93.4 Å². The first-order valence-corrected chi connectivity index (χ1v) is 14.7. The first-order valence-electron chi connectivity index (χ1n) is 11.7. The number of aliphatic hydroxyl groups is 1. The molecule has 2 aromatic rings. The Bertz CT molecular complexity index is 1260. The fourth-order valence-electron chi connectivity index (χ4n) is 4.52. The number of hydrogen-bond donors (Lipinski definition) is 3. The second-order valence-corrected chi connectivity index (χ2v) is 13.0. The largest absolute Gasteiger partial charge is 0.491 e. The lowest BCUT2D eigenvalue weighted by Gasteiger charge is -2.37. The Morgan fingerprint density at radius 2 is 2.03 bits per heavy atom. The van der Waals surface area contributed by atoms with Crippen molar-refractivity contribution < 1.29 is 31.4 Å². The van der Waals surface area contributed by atoms with E-state index in [1.807, 2.05) is 0 Å². The lowest BCUT2D eigenvalue weighted by molar-refractivity contribution is -0.0312. The van der Waals surface area contributed by atoms with Gasteiger partial charge in [0.1, 0.15) is 18.5 Å². The zero-order valence-electron chi connectivity index (χ0n) is 20.3. The fraction of sp³-hybridized carbons (Fsp3) is 0.591. The molecule has 1 aromatic carbocycles. The van der Waals surface area contributed by atoms with Gasteiger partial charge in [0, 0.05) is 45.0 Å². The minimum atomic E-state index is -3.62. The van der Waals surface area contributed by atoms with Gasteiger partial charge < -0.3 is 24.5 Å². The van der Waals surface area contributed by atoms with E-state index < -0.39 is 26.2 Å². The molecule has 0 saturated carbocycles. The quantitative estimate of drug-likeness (QED) is 0.366. The number of hydrogen-bond acceptors (Lipinski definition) is 9. The van der Waals surface area contributed by atoms with Crippen LogP contribution in [0, 0.1) is 0 Å². The van der Waals surface area contributed by atoms with Crippen LogP contribution in [-0.2, 0) is 31.8 Å². The van der Waals surface area contributed by atoms with Gasteiger partial charge in [-0.3, -0.25) is 0 Å². The number of nitrogens with one attached hydrogen (secondary N) is 2. The van der Waals surface area contributed by atoms with E-state index in [0.717, 1.165) is 6.42 Å². The highest BCUT2D eigenvalue weighted by molar-refractivity contribution is 7.89. The zero-order valence-corrected chi connectivity index (χ0v) is 22.0. The molecule has 3 heterocycles. The van der Waals surface area contributed by atoms with Crippen LogP contribution in [0.2, 0.25) is 0 Å². The van der Waals surface area contributed by atoms with E-state index in [0.29, 0.717) is 38.3 Å². The molecule has 2 saturated heterocycles. The molecule has 1 unspecified atom stereocenters. The van der Waals surface area contributed by atoms with E-state index in [4.69, 9.17) is 9.47 Å². The number of aromatic nitrogens is 2. The molecule has 2 aliphatic heterocycles. The SMILES string of the molecule is CNS(=O)(=O)c1cccc(OC[C@@H](O)CNC2COC3(CCN(S(=O)(=O)c4cn(C)cn4)CC3)C2)c1. The standard InChI is InChI=1S/C22H33N5O7S2/c1-23-35(29,30)20-5-3-4-19(10-20)33-15-18(28)12-24-17-11-22(34-14-17)6-8-27(9-7-22)36(31,32)21-13-26(2)16-25-21/h3-5,10,13,16-18,23-24,28H,6-9,11-12,14-15H2,1-2H3/t17?,18-/m0/s1. The van der Waals surface area contributed by atoms with Gasteiger partial charge in [0.2, 0.25) is 10.0 Å². The average molecular weight is 544 g/mol. The van der Waals surface area contributed by atoms with E-state index in [-0.39, 0.29) is 34.7 Å². The van der Waals surface area contributed by atoms with Crippen molar-refractivity contribution in [3.63, 3.8) is 0 Å². The van der Waals surface area contributed by atoms with Crippen molar-refractivity contribution in [3.05, 3.63) is 36.8 Å². The van der Waals surface area contributed by atoms with Crippen molar-refractivity contribution in [2.75, 3.05) is 39.9 Å². The number of nitrogens with zero attached hydrogens (tertiary/aromatic N) is 3. The van der Waals surface area contributed by atoms with Gasteiger partial charge in [-0.15, -0.1) is 0 Å². The molecule has 0 radical (unpaired) electrons. The van der Waals surface area contributed by atoms with Crippen LogP contribution in [0.25, 0.3) is 0 Å². The van der Waals surface area contributed by atoms with Crippen molar-refractivity contribution in [1.82, 2.24) is 23.9 Å². The molecule has 1 spiro atoms. The van der Waals surface area contributed by atoms with Crippen molar-refractivity contribution >= 4 is 20.0 Å². The molecule has 2 fully saturated rings. The van der Waals surface area contributed by atoms with Crippen LogP contribution in [0.15, 0.2) is 46.7 Å². The molecule has 4 rings (SSSR count). The maximum absolute atomic E-state index is 12.8. The van der Waals surface area contributed by atoms with E-state index in [9.17, 15) is 21.9 Å². The summed E-state index contributed by atoms with van der Waals surface area (Å²) < 4.78 is 66.5. The van der Waals surface area contributed by atoms with E-state index >= 15 is 0 Å². The van der Waals surface area contributed by atoms with Crippen LogP contribution < -0.4 is 14.8 Å². The molecule has 0 bridgehead atoms. The van der Waals surface area contributed by atoms with Gasteiger partial charge in [-0.25, -0.2) is 26.5 Å². The predicted octanol–water partition coefficient (Wildman–Crippen LogP) is -0.330. The molecular formula is C22H33N5O7S2. The van der Waals surface area contributed by atoms with Gasteiger partial charge in [-0.1, -0.05) is 6.07 Å². The Morgan fingerprint density at radius 3 is 2.69 bits per heavy atom. The van der Waals surface area contributed by atoms with Gasteiger partial charge in [-0.05, 0) is 38.4 Å². The first-order chi connectivity index (χ1) is 17.0. The molecular weight excluding hydrogens is 510 g/mol. The number of aryl methyl sites for hydroxylation is 1. The van der Waals surface area contributed by atoms with Gasteiger partial charge in [0.05, 0.1) is 23.4 Å². The third-order valence-electron chi connectivity index (χ3n) is 6.60. The van der Waals surface area contributed by atoms with Gasteiger partial charge in [0.25, 0.3) is 10.0 Å². The highest BCUT2D eigenvalue weighted by Crippen LogP contribution is 2.37. The zero-order chi connectivity index (χ0) is 26.0. The van der Waals surface area contributed by atoms with Crippen molar-refractivity contribution in [2.24, 2.45) is 7.05 Å². The van der Waals surface area contributed by atoms with Crippen LogP contribution in [0.5, 0.6) is 5.75 Å². The first kappa shape index (κ1) is 27.0. The third-order valence-corrected chi connectivity index (χ3v) is 9.79. The van der Waals surface area contributed by atoms with Crippen LogP contribution >= 0.6 is 0 Å².